The summed E-state index contributed by atoms with van der Waals surface area (Å²) in [5, 5.41) is 0. The Bertz CT molecular complexity index is 1520. The molecule has 0 aliphatic carbocycles. The molecule has 1 atom stereocenters. The van der Waals surface area contributed by atoms with Crippen molar-refractivity contribution >= 4 is 17.8 Å². The summed E-state index contributed by atoms with van der Waals surface area (Å²) in [6.07, 6.45) is 1.72. The van der Waals surface area contributed by atoms with E-state index in [4.69, 9.17) is 28.4 Å². The molecule has 0 amide bonds. The predicted molar refractivity (Wildman–Crippen MR) is 144 cm³/mol. The van der Waals surface area contributed by atoms with E-state index < -0.39 is 5.92 Å². The van der Waals surface area contributed by atoms with Crippen LogP contribution in [-0.2, 0) is 4.79 Å². The fourth-order valence-corrected chi connectivity index (χ4v) is 4.71. The minimum Gasteiger partial charge on any atom is -0.493 e. The van der Waals surface area contributed by atoms with Crippen molar-refractivity contribution in [3.05, 3.63) is 88.7 Å². The molecule has 200 valence electrons. The highest BCUT2D eigenvalue weighted by atomic mass is 16.5. The van der Waals surface area contributed by atoms with E-state index >= 15 is 0 Å². The second-order valence-electron chi connectivity index (χ2n) is 9.30. The van der Waals surface area contributed by atoms with E-state index in [0.29, 0.717) is 57.8 Å². The fraction of sp³-hybridized carbons (Fsp3) is 0.226. The van der Waals surface area contributed by atoms with Gasteiger partial charge in [0.2, 0.25) is 5.78 Å². The van der Waals surface area contributed by atoms with Crippen LogP contribution in [0.3, 0.4) is 0 Å². The number of allylic oxidation sites excluding steroid dienone is 1. The summed E-state index contributed by atoms with van der Waals surface area (Å²) < 4.78 is 33.8. The molecule has 8 nitrogen and oxygen atoms in total. The van der Waals surface area contributed by atoms with Crippen LogP contribution >= 0.6 is 0 Å². The third-order valence-electron chi connectivity index (χ3n) is 6.55. The van der Waals surface area contributed by atoms with E-state index in [9.17, 15) is 9.59 Å². The largest absolute Gasteiger partial charge is 0.493 e. The Morgan fingerprint density at radius 3 is 2.36 bits per heavy atom. The molecule has 5 rings (SSSR count). The maximum Gasteiger partial charge on any atom is 0.312 e. The van der Waals surface area contributed by atoms with Crippen LogP contribution in [0.25, 0.3) is 6.08 Å². The average Bonchev–Trinajstić information content (AvgIpc) is 3.25. The third kappa shape index (κ3) is 4.93. The van der Waals surface area contributed by atoms with E-state index in [-0.39, 0.29) is 23.9 Å². The molecular weight excluding hydrogens is 500 g/mol. The molecular formula is C31H28O8. The first-order valence-electron chi connectivity index (χ1n) is 12.3. The van der Waals surface area contributed by atoms with Crippen LogP contribution in [0.4, 0.5) is 0 Å². The van der Waals surface area contributed by atoms with Gasteiger partial charge in [0.25, 0.3) is 0 Å². The lowest BCUT2D eigenvalue weighted by atomic mass is 9.84. The molecule has 0 radical (unpaired) electrons. The average molecular weight is 529 g/mol. The van der Waals surface area contributed by atoms with Gasteiger partial charge < -0.3 is 28.4 Å². The predicted octanol–water partition coefficient (Wildman–Crippen LogP) is 5.72. The zero-order chi connectivity index (χ0) is 27.7. The van der Waals surface area contributed by atoms with Gasteiger partial charge in [0, 0.05) is 11.5 Å². The van der Waals surface area contributed by atoms with Crippen molar-refractivity contribution in [3.63, 3.8) is 0 Å². The van der Waals surface area contributed by atoms with Gasteiger partial charge in [-0.3, -0.25) is 9.59 Å². The van der Waals surface area contributed by atoms with E-state index in [1.165, 1.54) is 0 Å². The number of Topliss-reactive ketones (excluding diaryl/α,β-unsaturated/α-hetero) is 1. The number of esters is 1. The Hall–Kier alpha value is -4.72. The maximum atomic E-state index is 13.4. The van der Waals surface area contributed by atoms with E-state index in [0.717, 1.165) is 11.1 Å². The molecule has 8 heteroatoms. The van der Waals surface area contributed by atoms with Gasteiger partial charge >= 0.3 is 5.97 Å². The topological polar surface area (TPSA) is 89.5 Å². The lowest BCUT2D eigenvalue weighted by Gasteiger charge is -2.27. The molecule has 0 N–H and O–H groups in total. The fourth-order valence-electron chi connectivity index (χ4n) is 4.71. The van der Waals surface area contributed by atoms with E-state index in [2.05, 4.69) is 6.58 Å². The molecule has 0 fully saturated rings. The Morgan fingerprint density at radius 1 is 0.923 bits per heavy atom. The summed E-state index contributed by atoms with van der Waals surface area (Å²) in [6.45, 7) is 6.07. The second kappa shape index (κ2) is 10.6. The quantitative estimate of drug-likeness (QED) is 0.159. The highest BCUT2D eigenvalue weighted by Crippen LogP contribution is 2.50. The minimum atomic E-state index is -0.428. The number of methoxy groups -OCH3 is 3. The van der Waals surface area contributed by atoms with Crippen molar-refractivity contribution in [2.75, 3.05) is 27.9 Å². The molecule has 0 saturated heterocycles. The van der Waals surface area contributed by atoms with Gasteiger partial charge in [0.05, 0.1) is 33.3 Å². The van der Waals surface area contributed by atoms with Crippen LogP contribution in [0.15, 0.2) is 66.4 Å². The normalized spacial score (nSPS) is 16.6. The SMILES string of the molecule is C=C(C)COc1cc([C@@H]2CC(=O)Oc3ccc4c(c32)O/C(=C\c2ccc(OC)c(OC)c2)C4=O)ccc1OC. The molecule has 0 aromatic heterocycles. The van der Waals surface area contributed by atoms with Crippen LogP contribution < -0.4 is 28.4 Å². The van der Waals surface area contributed by atoms with Gasteiger partial charge in [0.1, 0.15) is 18.1 Å². The van der Waals surface area contributed by atoms with Crippen molar-refractivity contribution in [1.29, 1.82) is 0 Å². The van der Waals surface area contributed by atoms with Crippen molar-refractivity contribution in [2.45, 2.75) is 19.3 Å². The zero-order valence-electron chi connectivity index (χ0n) is 22.2. The van der Waals surface area contributed by atoms with E-state index in [1.54, 1.807) is 63.8 Å². The third-order valence-corrected chi connectivity index (χ3v) is 6.55. The molecule has 0 bridgehead atoms. The van der Waals surface area contributed by atoms with E-state index in [1.807, 2.05) is 19.1 Å². The van der Waals surface area contributed by atoms with Crippen molar-refractivity contribution < 1.29 is 38.0 Å². The summed E-state index contributed by atoms with van der Waals surface area (Å²) in [5.74, 6) is 2.01. The number of benzene rings is 3. The summed E-state index contributed by atoms with van der Waals surface area (Å²) in [6, 6.07) is 14.1. The Kier molecular flexibility index (Phi) is 7.02. The summed E-state index contributed by atoms with van der Waals surface area (Å²) in [5.41, 5.74) is 3.39. The number of carbonyl (C=O) groups excluding carboxylic acids is 2. The van der Waals surface area contributed by atoms with Crippen LogP contribution in [-0.4, -0.2) is 39.7 Å². The van der Waals surface area contributed by atoms with Gasteiger partial charge in [-0.1, -0.05) is 18.7 Å². The van der Waals surface area contributed by atoms with Crippen LogP contribution in [0.1, 0.15) is 46.3 Å². The maximum absolute atomic E-state index is 13.4. The molecule has 2 aliphatic heterocycles. The molecule has 2 heterocycles. The number of hydrogen-bond acceptors (Lipinski definition) is 8. The molecule has 0 spiro atoms. The second-order valence-corrected chi connectivity index (χ2v) is 9.30. The highest BCUT2D eigenvalue weighted by molar-refractivity contribution is 6.15. The van der Waals surface area contributed by atoms with Gasteiger partial charge in [-0.15, -0.1) is 0 Å². The zero-order valence-corrected chi connectivity index (χ0v) is 22.2. The van der Waals surface area contributed by atoms with Crippen LogP contribution in [0, 0.1) is 0 Å². The monoisotopic (exact) mass is 528 g/mol. The summed E-state index contributed by atoms with van der Waals surface area (Å²) in [4.78, 5) is 25.9. The number of carbonyl (C=O) groups is 2. The number of rotatable bonds is 8. The first kappa shape index (κ1) is 25.9. The standard InChI is InChI=1S/C31H28O8/c1-17(2)16-37-26-14-19(7-10-23(26)35-4)21-15-28(32)38-24-11-8-20-30(33)27(39-31(20)29(21)24)13-18-6-9-22(34-3)25(12-18)36-5/h6-14,21H,1,15-16H2,2-5H3/b27-13-/t21-/m0/s1. The first-order chi connectivity index (χ1) is 18.8. The van der Waals surface area contributed by atoms with Crippen molar-refractivity contribution in [2.24, 2.45) is 0 Å². The van der Waals surface area contributed by atoms with Gasteiger partial charge in [-0.2, -0.15) is 0 Å². The summed E-state index contributed by atoms with van der Waals surface area (Å²) in [7, 11) is 4.67. The first-order valence-corrected chi connectivity index (χ1v) is 12.3. The molecule has 3 aromatic carbocycles. The van der Waals surface area contributed by atoms with Crippen LogP contribution in [0.2, 0.25) is 0 Å². The number of ether oxygens (including phenoxy) is 6. The molecule has 39 heavy (non-hydrogen) atoms. The highest BCUT2D eigenvalue weighted by Gasteiger charge is 2.38. The van der Waals surface area contributed by atoms with Gasteiger partial charge in [-0.25, -0.2) is 0 Å². The molecule has 3 aromatic rings. The van der Waals surface area contributed by atoms with Crippen LogP contribution in [0.5, 0.6) is 34.5 Å². The Labute approximate surface area is 226 Å². The Balaban J connectivity index is 1.55. The number of fused-ring (bicyclic) bond motifs is 3. The minimum absolute atomic E-state index is 0.0714. The number of ketones is 1. The Morgan fingerprint density at radius 2 is 1.64 bits per heavy atom. The molecule has 0 unspecified atom stereocenters. The lowest BCUT2D eigenvalue weighted by molar-refractivity contribution is -0.135. The van der Waals surface area contributed by atoms with Crippen molar-refractivity contribution in [1.82, 2.24) is 0 Å². The lowest BCUT2D eigenvalue weighted by Crippen LogP contribution is -2.21. The van der Waals surface area contributed by atoms with Gasteiger partial charge in [-0.05, 0) is 66.1 Å². The summed E-state index contributed by atoms with van der Waals surface area (Å²) >= 11 is 0. The smallest absolute Gasteiger partial charge is 0.312 e. The molecule has 2 aliphatic rings. The molecule has 0 saturated carbocycles. The van der Waals surface area contributed by atoms with Crippen molar-refractivity contribution in [3.8, 4) is 34.5 Å². The van der Waals surface area contributed by atoms with Gasteiger partial charge in [0.15, 0.2) is 28.8 Å². The number of hydrogen-bond donors (Lipinski definition) is 0.